The van der Waals surface area contributed by atoms with E-state index in [2.05, 4.69) is 11.9 Å². The van der Waals surface area contributed by atoms with Crippen LogP contribution in [0.3, 0.4) is 0 Å². The molecule has 0 radical (unpaired) electrons. The Morgan fingerprint density at radius 3 is 2.77 bits per heavy atom. The van der Waals surface area contributed by atoms with E-state index in [-0.39, 0.29) is 17.7 Å². The van der Waals surface area contributed by atoms with Gasteiger partial charge in [-0.05, 0) is 56.5 Å². The minimum atomic E-state index is -0.207. The summed E-state index contributed by atoms with van der Waals surface area (Å²) in [5.41, 5.74) is 2.68. The smallest absolute Gasteiger partial charge is 0.245 e. The summed E-state index contributed by atoms with van der Waals surface area (Å²) < 4.78 is 5.67. The maximum Gasteiger partial charge on any atom is 0.245 e. The molecule has 1 aromatic carbocycles. The molecule has 1 saturated heterocycles. The van der Waals surface area contributed by atoms with Crippen LogP contribution in [-0.2, 0) is 9.59 Å². The Bertz CT molecular complexity index is 838. The lowest BCUT2D eigenvalue weighted by Crippen LogP contribution is -2.43. The molecule has 2 amide bonds. The molecule has 0 bridgehead atoms. The minimum Gasteiger partial charge on any atom is -0.461 e. The third-order valence-corrected chi connectivity index (χ3v) is 4.80. The average Bonchev–Trinajstić information content (AvgIpc) is 3.09. The second kappa shape index (κ2) is 7.60. The summed E-state index contributed by atoms with van der Waals surface area (Å²) in [7, 11) is 0. The van der Waals surface area contributed by atoms with Crippen molar-refractivity contribution in [2.75, 3.05) is 18.4 Å². The molecule has 1 unspecified atom stereocenters. The van der Waals surface area contributed by atoms with Crippen LogP contribution in [0.5, 0.6) is 0 Å². The standard InChI is InChI=1S/C21H24N2O3/c1-4-20(24)23-11-5-6-17(13-23)21(25)22-18-12-16(9-7-14(18)2)19-10-8-15(3)26-19/h4,7-10,12,17H,1,5-6,11,13H2,2-3H3,(H,22,25). The Morgan fingerprint density at radius 1 is 1.27 bits per heavy atom. The molecule has 2 heterocycles. The van der Waals surface area contributed by atoms with Crippen LogP contribution >= 0.6 is 0 Å². The first-order valence-corrected chi connectivity index (χ1v) is 8.87. The van der Waals surface area contributed by atoms with Crippen molar-refractivity contribution in [3.05, 3.63) is 54.3 Å². The van der Waals surface area contributed by atoms with Crippen LogP contribution in [0.15, 0.2) is 47.4 Å². The average molecular weight is 352 g/mol. The zero-order valence-corrected chi connectivity index (χ0v) is 15.2. The molecule has 5 nitrogen and oxygen atoms in total. The molecule has 0 spiro atoms. The SMILES string of the molecule is C=CC(=O)N1CCCC(C(=O)Nc2cc(-c3ccc(C)o3)ccc2C)C1. The molecular formula is C21H24N2O3. The Labute approximate surface area is 153 Å². The number of nitrogens with zero attached hydrogens (tertiary/aromatic N) is 1. The largest absolute Gasteiger partial charge is 0.461 e. The molecule has 1 atom stereocenters. The van der Waals surface area contributed by atoms with Crippen molar-refractivity contribution in [1.82, 2.24) is 4.90 Å². The highest BCUT2D eigenvalue weighted by Crippen LogP contribution is 2.28. The van der Waals surface area contributed by atoms with Gasteiger partial charge in [-0.15, -0.1) is 0 Å². The van der Waals surface area contributed by atoms with Gasteiger partial charge in [0, 0.05) is 24.3 Å². The maximum atomic E-state index is 12.7. The van der Waals surface area contributed by atoms with E-state index >= 15 is 0 Å². The van der Waals surface area contributed by atoms with Crippen LogP contribution < -0.4 is 5.32 Å². The van der Waals surface area contributed by atoms with Gasteiger partial charge in [0.05, 0.1) is 5.92 Å². The zero-order valence-electron chi connectivity index (χ0n) is 15.2. The van der Waals surface area contributed by atoms with Crippen molar-refractivity contribution >= 4 is 17.5 Å². The fraction of sp³-hybridized carbons (Fsp3) is 0.333. The van der Waals surface area contributed by atoms with Gasteiger partial charge in [-0.2, -0.15) is 0 Å². The first-order valence-electron chi connectivity index (χ1n) is 8.87. The number of nitrogens with one attached hydrogen (secondary N) is 1. The second-order valence-electron chi connectivity index (χ2n) is 6.76. The van der Waals surface area contributed by atoms with Gasteiger partial charge < -0.3 is 14.6 Å². The van der Waals surface area contributed by atoms with Crippen LogP contribution in [0.2, 0.25) is 0 Å². The molecule has 1 fully saturated rings. The first kappa shape index (κ1) is 18.0. The molecule has 2 aromatic rings. The first-order chi connectivity index (χ1) is 12.5. The molecule has 5 heteroatoms. The fourth-order valence-corrected chi connectivity index (χ4v) is 3.25. The molecule has 136 valence electrons. The van der Waals surface area contributed by atoms with Gasteiger partial charge in [-0.1, -0.05) is 18.7 Å². The number of aryl methyl sites for hydroxylation is 2. The summed E-state index contributed by atoms with van der Waals surface area (Å²) >= 11 is 0. The minimum absolute atomic E-state index is 0.0533. The topological polar surface area (TPSA) is 62.6 Å². The van der Waals surface area contributed by atoms with Crippen LogP contribution in [0, 0.1) is 19.8 Å². The van der Waals surface area contributed by atoms with Crippen molar-refractivity contribution in [2.24, 2.45) is 5.92 Å². The van der Waals surface area contributed by atoms with E-state index in [0.29, 0.717) is 13.1 Å². The van der Waals surface area contributed by atoms with Gasteiger partial charge in [0.1, 0.15) is 11.5 Å². The molecule has 1 aliphatic rings. The number of carbonyl (C=O) groups is 2. The highest BCUT2D eigenvalue weighted by molar-refractivity contribution is 5.95. The van der Waals surface area contributed by atoms with Crippen molar-refractivity contribution in [2.45, 2.75) is 26.7 Å². The Kier molecular flexibility index (Phi) is 5.26. The number of anilines is 1. The number of hydrogen-bond acceptors (Lipinski definition) is 3. The van der Waals surface area contributed by atoms with Gasteiger partial charge in [0.2, 0.25) is 11.8 Å². The van der Waals surface area contributed by atoms with E-state index in [9.17, 15) is 9.59 Å². The number of likely N-dealkylation sites (tertiary alicyclic amines) is 1. The number of benzene rings is 1. The fourth-order valence-electron chi connectivity index (χ4n) is 3.25. The summed E-state index contributed by atoms with van der Waals surface area (Å²) in [4.78, 5) is 26.2. The summed E-state index contributed by atoms with van der Waals surface area (Å²) in [5.74, 6) is 1.25. The van der Waals surface area contributed by atoms with E-state index < -0.39 is 0 Å². The molecule has 1 N–H and O–H groups in total. The lowest BCUT2D eigenvalue weighted by Gasteiger charge is -2.31. The van der Waals surface area contributed by atoms with Gasteiger partial charge in [-0.25, -0.2) is 0 Å². The number of hydrogen-bond donors (Lipinski definition) is 1. The number of rotatable bonds is 4. The van der Waals surface area contributed by atoms with Crippen molar-refractivity contribution < 1.29 is 14.0 Å². The predicted octanol–water partition coefficient (Wildman–Crippen LogP) is 3.93. The normalized spacial score (nSPS) is 17.0. The Morgan fingerprint density at radius 2 is 2.08 bits per heavy atom. The second-order valence-corrected chi connectivity index (χ2v) is 6.76. The molecular weight excluding hydrogens is 328 g/mol. The lowest BCUT2D eigenvalue weighted by molar-refractivity contribution is -0.130. The number of piperidine rings is 1. The van der Waals surface area contributed by atoms with E-state index in [0.717, 1.165) is 41.2 Å². The summed E-state index contributed by atoms with van der Waals surface area (Å²) in [5, 5.41) is 3.03. The predicted molar refractivity (Wildman–Crippen MR) is 102 cm³/mol. The van der Waals surface area contributed by atoms with Crippen LogP contribution in [0.4, 0.5) is 5.69 Å². The van der Waals surface area contributed by atoms with Gasteiger partial charge in [0.25, 0.3) is 0 Å². The van der Waals surface area contributed by atoms with Crippen molar-refractivity contribution in [3.63, 3.8) is 0 Å². The molecule has 3 rings (SSSR count). The van der Waals surface area contributed by atoms with E-state index in [1.807, 2.05) is 44.2 Å². The molecule has 0 saturated carbocycles. The van der Waals surface area contributed by atoms with E-state index in [1.165, 1.54) is 6.08 Å². The third kappa shape index (κ3) is 3.87. The number of furan rings is 1. The third-order valence-electron chi connectivity index (χ3n) is 4.80. The van der Waals surface area contributed by atoms with Crippen molar-refractivity contribution in [3.8, 4) is 11.3 Å². The molecule has 1 aliphatic heterocycles. The molecule has 1 aromatic heterocycles. The van der Waals surface area contributed by atoms with Crippen LogP contribution in [0.25, 0.3) is 11.3 Å². The summed E-state index contributed by atoms with van der Waals surface area (Å²) in [6, 6.07) is 9.72. The van der Waals surface area contributed by atoms with Gasteiger partial charge in [-0.3, -0.25) is 9.59 Å². The lowest BCUT2D eigenvalue weighted by atomic mass is 9.96. The highest BCUT2D eigenvalue weighted by Gasteiger charge is 2.27. The number of amides is 2. The zero-order chi connectivity index (χ0) is 18.7. The Hall–Kier alpha value is -2.82. The molecule has 26 heavy (non-hydrogen) atoms. The van der Waals surface area contributed by atoms with E-state index in [4.69, 9.17) is 4.42 Å². The quantitative estimate of drug-likeness (QED) is 0.848. The van der Waals surface area contributed by atoms with Gasteiger partial charge >= 0.3 is 0 Å². The summed E-state index contributed by atoms with van der Waals surface area (Å²) in [6.45, 7) is 8.51. The Balaban J connectivity index is 1.74. The van der Waals surface area contributed by atoms with Gasteiger partial charge in [0.15, 0.2) is 0 Å². The van der Waals surface area contributed by atoms with Crippen LogP contribution in [0.1, 0.15) is 24.2 Å². The number of carbonyl (C=O) groups excluding carboxylic acids is 2. The highest BCUT2D eigenvalue weighted by atomic mass is 16.3. The molecule has 0 aliphatic carbocycles. The van der Waals surface area contributed by atoms with E-state index in [1.54, 1.807) is 4.90 Å². The monoisotopic (exact) mass is 352 g/mol. The summed E-state index contributed by atoms with van der Waals surface area (Å²) in [6.07, 6.45) is 2.91. The maximum absolute atomic E-state index is 12.7. The van der Waals surface area contributed by atoms with Crippen LogP contribution in [-0.4, -0.2) is 29.8 Å². The van der Waals surface area contributed by atoms with Crippen molar-refractivity contribution in [1.29, 1.82) is 0 Å².